The van der Waals surface area contributed by atoms with Gasteiger partial charge in [-0.15, -0.1) is 11.3 Å². The number of alkyl halides is 3. The van der Waals surface area contributed by atoms with Gasteiger partial charge in [0.2, 0.25) is 0 Å². The average Bonchev–Trinajstić information content (AvgIpc) is 3.53. The Morgan fingerprint density at radius 1 is 1.24 bits per heavy atom. The van der Waals surface area contributed by atoms with Crippen LogP contribution >= 0.6 is 22.9 Å². The third-order valence-corrected chi connectivity index (χ3v) is 7.11. The first-order valence-electron chi connectivity index (χ1n) is 11.5. The highest BCUT2D eigenvalue weighted by molar-refractivity contribution is 7.13. The maximum absolute atomic E-state index is 14.4. The van der Waals surface area contributed by atoms with Crippen LogP contribution in [0.25, 0.3) is 10.6 Å². The number of aromatic hydroxyl groups is 1. The van der Waals surface area contributed by atoms with Crippen molar-refractivity contribution in [1.82, 2.24) is 15.2 Å². The maximum atomic E-state index is 14.4. The standard InChI is InChI=1S/C18H11ClF4N2O2S.C7H11NO2/c19-10-3-1-9(2-4-10)7-24-16(27)11-6-14(26)12(5-13(11)20)17-25-15(8-28-17)18(21,22)23;9-7-8-4-2-1-3-6(8)5-10-7/h1-6,8,26H,7H2,(H,24,27);6H,1-5H2/t;6-/m.0/s1. The van der Waals surface area contributed by atoms with Gasteiger partial charge in [-0.05, 0) is 49.1 Å². The molecule has 0 bridgehead atoms. The molecule has 0 radical (unpaired) electrons. The summed E-state index contributed by atoms with van der Waals surface area (Å²) in [5, 5.41) is 13.6. The summed E-state index contributed by atoms with van der Waals surface area (Å²) in [5.74, 6) is -2.34. The fourth-order valence-corrected chi connectivity index (χ4v) is 4.96. The largest absolute Gasteiger partial charge is 0.507 e. The molecule has 3 aromatic rings. The summed E-state index contributed by atoms with van der Waals surface area (Å²) in [4.78, 5) is 28.3. The van der Waals surface area contributed by atoms with E-state index in [1.807, 2.05) is 4.90 Å². The zero-order valence-electron chi connectivity index (χ0n) is 19.7. The normalized spacial score (nSPS) is 16.8. The molecule has 2 aliphatic rings. The number of thiazole rings is 1. The van der Waals surface area contributed by atoms with Crippen LogP contribution < -0.4 is 5.32 Å². The number of piperidine rings is 1. The molecule has 5 rings (SSSR count). The number of nitrogens with zero attached hydrogens (tertiary/aromatic N) is 2. The van der Waals surface area contributed by atoms with Crippen molar-refractivity contribution in [2.24, 2.45) is 0 Å². The summed E-state index contributed by atoms with van der Waals surface area (Å²) in [7, 11) is 0. The van der Waals surface area contributed by atoms with Crippen molar-refractivity contribution in [3.8, 4) is 16.3 Å². The highest BCUT2D eigenvalue weighted by atomic mass is 35.5. The van der Waals surface area contributed by atoms with E-state index in [1.54, 1.807) is 24.3 Å². The van der Waals surface area contributed by atoms with E-state index >= 15 is 0 Å². The van der Waals surface area contributed by atoms with Crippen LogP contribution in [0.1, 0.15) is 40.9 Å². The first-order chi connectivity index (χ1) is 18.0. The lowest BCUT2D eigenvalue weighted by atomic mass is 10.0. The number of hydrogen-bond acceptors (Lipinski definition) is 6. The van der Waals surface area contributed by atoms with E-state index < -0.39 is 34.9 Å². The molecule has 2 saturated heterocycles. The molecule has 7 nitrogen and oxygen atoms in total. The van der Waals surface area contributed by atoms with Crippen LogP contribution in [0.3, 0.4) is 0 Å². The fraction of sp³-hybridized carbons (Fsp3) is 0.320. The summed E-state index contributed by atoms with van der Waals surface area (Å²) < 4.78 is 57.2. The number of amides is 2. The second kappa shape index (κ2) is 11.6. The van der Waals surface area contributed by atoms with Crippen molar-refractivity contribution in [2.75, 3.05) is 13.2 Å². The molecule has 0 saturated carbocycles. The van der Waals surface area contributed by atoms with Crippen LogP contribution in [0.5, 0.6) is 5.75 Å². The first-order valence-corrected chi connectivity index (χ1v) is 12.8. The molecule has 2 N–H and O–H groups in total. The van der Waals surface area contributed by atoms with Gasteiger partial charge in [-0.1, -0.05) is 23.7 Å². The Morgan fingerprint density at radius 2 is 1.97 bits per heavy atom. The third kappa shape index (κ3) is 6.54. The molecule has 0 aliphatic carbocycles. The van der Waals surface area contributed by atoms with Crippen LogP contribution in [-0.2, 0) is 17.5 Å². The number of cyclic esters (lactones) is 1. The zero-order valence-corrected chi connectivity index (χ0v) is 21.3. The first kappa shape index (κ1) is 27.6. The molecule has 2 fully saturated rings. The Balaban J connectivity index is 0.000000278. The van der Waals surface area contributed by atoms with E-state index in [-0.39, 0.29) is 23.2 Å². The molecule has 0 unspecified atom stereocenters. The molecule has 1 atom stereocenters. The molecule has 38 heavy (non-hydrogen) atoms. The van der Waals surface area contributed by atoms with Crippen molar-refractivity contribution >= 4 is 34.9 Å². The van der Waals surface area contributed by atoms with Crippen molar-refractivity contribution < 1.29 is 37.0 Å². The minimum Gasteiger partial charge on any atom is -0.507 e. The van der Waals surface area contributed by atoms with E-state index in [1.165, 1.54) is 6.42 Å². The number of carbonyl (C=O) groups excluding carboxylic acids is 2. The van der Waals surface area contributed by atoms with Crippen LogP contribution in [0.15, 0.2) is 41.8 Å². The quantitative estimate of drug-likeness (QED) is 0.361. The second-order valence-electron chi connectivity index (χ2n) is 8.61. The number of nitrogens with one attached hydrogen (secondary N) is 1. The average molecular weight is 572 g/mol. The Morgan fingerprint density at radius 3 is 2.63 bits per heavy atom. The van der Waals surface area contributed by atoms with Crippen molar-refractivity contribution in [3.63, 3.8) is 0 Å². The summed E-state index contributed by atoms with van der Waals surface area (Å²) in [6.07, 6.45) is -1.23. The van der Waals surface area contributed by atoms with Gasteiger partial charge < -0.3 is 20.1 Å². The number of carbonyl (C=O) groups is 2. The molecule has 202 valence electrons. The monoisotopic (exact) mass is 571 g/mol. The number of rotatable bonds is 4. The molecule has 2 aliphatic heterocycles. The molecule has 3 heterocycles. The SMILES string of the molecule is O=C(NCc1ccc(Cl)cc1)c1cc(O)c(-c2nc(C(F)(F)F)cs2)cc1F.O=C1OC[C@@H]2CCCCN12. The number of aromatic nitrogens is 1. The van der Waals surface area contributed by atoms with Gasteiger partial charge in [0.05, 0.1) is 17.2 Å². The third-order valence-electron chi connectivity index (χ3n) is 5.98. The number of phenols is 1. The van der Waals surface area contributed by atoms with Gasteiger partial charge in [-0.3, -0.25) is 4.79 Å². The topological polar surface area (TPSA) is 91.8 Å². The van der Waals surface area contributed by atoms with E-state index in [0.29, 0.717) is 29.0 Å². The highest BCUT2D eigenvalue weighted by Gasteiger charge is 2.35. The lowest BCUT2D eigenvalue weighted by Crippen LogP contribution is -2.37. The van der Waals surface area contributed by atoms with Crippen LogP contribution in [0.4, 0.5) is 22.4 Å². The Kier molecular flexibility index (Phi) is 8.41. The highest BCUT2D eigenvalue weighted by Crippen LogP contribution is 2.37. The van der Waals surface area contributed by atoms with Gasteiger partial charge in [0.15, 0.2) is 5.69 Å². The Bertz CT molecular complexity index is 1320. The smallest absolute Gasteiger partial charge is 0.434 e. The lowest BCUT2D eigenvalue weighted by Gasteiger charge is -2.25. The summed E-state index contributed by atoms with van der Waals surface area (Å²) in [6.45, 7) is 1.63. The number of fused-ring (bicyclic) bond motifs is 1. The van der Waals surface area contributed by atoms with Crippen LogP contribution in [0.2, 0.25) is 5.02 Å². The van der Waals surface area contributed by atoms with Crippen LogP contribution in [-0.4, -0.2) is 46.2 Å². The molecule has 2 aromatic carbocycles. The maximum Gasteiger partial charge on any atom is 0.434 e. The molecular formula is C25H22ClF4N3O4S. The molecular weight excluding hydrogens is 550 g/mol. The summed E-state index contributed by atoms with van der Waals surface area (Å²) >= 11 is 6.38. The summed E-state index contributed by atoms with van der Waals surface area (Å²) in [6, 6.07) is 8.67. The van der Waals surface area contributed by atoms with Crippen molar-refractivity contribution in [1.29, 1.82) is 0 Å². The van der Waals surface area contributed by atoms with Gasteiger partial charge >= 0.3 is 12.3 Å². The molecule has 2 amide bonds. The van der Waals surface area contributed by atoms with Gasteiger partial charge in [0.25, 0.3) is 5.91 Å². The number of hydrogen-bond donors (Lipinski definition) is 2. The van der Waals surface area contributed by atoms with E-state index in [2.05, 4.69) is 10.3 Å². The second-order valence-corrected chi connectivity index (χ2v) is 9.91. The number of benzene rings is 2. The van der Waals surface area contributed by atoms with E-state index in [0.717, 1.165) is 42.5 Å². The van der Waals surface area contributed by atoms with Gasteiger partial charge in [-0.2, -0.15) is 13.2 Å². The summed E-state index contributed by atoms with van der Waals surface area (Å²) in [5.41, 5.74) is -1.09. The predicted molar refractivity (Wildman–Crippen MR) is 132 cm³/mol. The predicted octanol–water partition coefficient (Wildman–Crippen LogP) is 6.25. The van der Waals surface area contributed by atoms with Gasteiger partial charge in [0.1, 0.15) is 23.2 Å². The van der Waals surface area contributed by atoms with Crippen molar-refractivity contribution in [2.45, 2.75) is 38.0 Å². The zero-order chi connectivity index (χ0) is 27.4. The fourth-order valence-electron chi connectivity index (χ4n) is 3.98. The number of phenolic OH excluding ortho intramolecular Hbond substituents is 1. The van der Waals surface area contributed by atoms with Gasteiger partial charge in [-0.25, -0.2) is 14.2 Å². The van der Waals surface area contributed by atoms with E-state index in [4.69, 9.17) is 16.3 Å². The lowest BCUT2D eigenvalue weighted by molar-refractivity contribution is -0.140. The minimum atomic E-state index is -4.65. The van der Waals surface area contributed by atoms with Crippen molar-refractivity contribution in [3.05, 3.63) is 69.4 Å². The number of halogens is 5. The molecule has 1 aromatic heterocycles. The van der Waals surface area contributed by atoms with E-state index in [9.17, 15) is 32.3 Å². The number of ether oxygens (including phenoxy) is 1. The molecule has 0 spiro atoms. The Hall–Kier alpha value is -3.38. The molecule has 13 heteroatoms. The van der Waals surface area contributed by atoms with Gasteiger partial charge in [0, 0.05) is 23.5 Å². The Labute approximate surface area is 224 Å². The van der Waals surface area contributed by atoms with Crippen LogP contribution in [0, 0.1) is 5.82 Å². The minimum absolute atomic E-state index is 0.0966.